The van der Waals surface area contributed by atoms with Gasteiger partial charge in [0.1, 0.15) is 6.61 Å². The van der Waals surface area contributed by atoms with Crippen molar-refractivity contribution in [2.24, 2.45) is 5.73 Å². The highest BCUT2D eigenvalue weighted by Gasteiger charge is 2.34. The zero-order valence-electron chi connectivity index (χ0n) is 19.4. The van der Waals surface area contributed by atoms with Gasteiger partial charge in [0.2, 0.25) is 0 Å². The maximum atomic E-state index is 12.5. The van der Waals surface area contributed by atoms with E-state index in [0.717, 1.165) is 17.5 Å². The Morgan fingerprint density at radius 2 is 1.65 bits per heavy atom. The lowest BCUT2D eigenvalue weighted by molar-refractivity contribution is 0.102. The fourth-order valence-electron chi connectivity index (χ4n) is 3.81. The van der Waals surface area contributed by atoms with Crippen LogP contribution in [-0.2, 0) is 16.9 Å². The number of hydrogen-bond acceptors (Lipinski definition) is 5. The van der Waals surface area contributed by atoms with Crippen LogP contribution < -0.4 is 22.1 Å². The smallest absolute Gasteiger partial charge is 0.408 e. The van der Waals surface area contributed by atoms with Gasteiger partial charge in [-0.2, -0.15) is 0 Å². The predicted molar refractivity (Wildman–Crippen MR) is 133 cm³/mol. The Kier molecular flexibility index (Phi) is 6.56. The Labute approximate surface area is 199 Å². The monoisotopic (exact) mass is 458 g/mol. The summed E-state index contributed by atoms with van der Waals surface area (Å²) in [5.41, 5.74) is 15.6. The molecular weight excluding hydrogens is 428 g/mol. The van der Waals surface area contributed by atoms with Gasteiger partial charge in [0.15, 0.2) is 0 Å². The molecule has 176 valence electrons. The number of nitrogens with two attached hydrogens (primary N) is 2. The van der Waals surface area contributed by atoms with E-state index in [1.807, 2.05) is 50.2 Å². The Hall–Kier alpha value is -3.84. The average molecular weight is 459 g/mol. The van der Waals surface area contributed by atoms with Gasteiger partial charge in [-0.05, 0) is 61.2 Å². The zero-order valence-corrected chi connectivity index (χ0v) is 19.4. The molecule has 0 radical (unpaired) electrons. The van der Waals surface area contributed by atoms with Crippen LogP contribution in [0, 0.1) is 0 Å². The SMILES string of the molecule is CC(C)(NC(=O)OCc1ccc(C2CC2N)cc1)c1ccc(C(=O)Nc2ccccc2N)cc1. The minimum atomic E-state index is -0.693. The summed E-state index contributed by atoms with van der Waals surface area (Å²) in [5, 5.41) is 5.69. The van der Waals surface area contributed by atoms with Crippen LogP contribution in [0.5, 0.6) is 0 Å². The number of alkyl carbamates (subject to hydrolysis) is 1. The first-order valence-corrected chi connectivity index (χ1v) is 11.3. The highest BCUT2D eigenvalue weighted by Crippen LogP contribution is 2.38. The molecule has 0 aliphatic heterocycles. The molecule has 3 aromatic carbocycles. The van der Waals surface area contributed by atoms with Crippen molar-refractivity contribution in [1.82, 2.24) is 5.32 Å². The van der Waals surface area contributed by atoms with Gasteiger partial charge in [-0.3, -0.25) is 4.79 Å². The molecule has 1 aliphatic carbocycles. The van der Waals surface area contributed by atoms with Crippen molar-refractivity contribution in [1.29, 1.82) is 0 Å². The van der Waals surface area contributed by atoms with E-state index in [9.17, 15) is 9.59 Å². The summed E-state index contributed by atoms with van der Waals surface area (Å²) in [5.74, 6) is 0.192. The Morgan fingerprint density at radius 1 is 1.00 bits per heavy atom. The van der Waals surface area contributed by atoms with Crippen molar-refractivity contribution >= 4 is 23.4 Å². The van der Waals surface area contributed by atoms with Gasteiger partial charge in [0.05, 0.1) is 16.9 Å². The highest BCUT2D eigenvalue weighted by atomic mass is 16.5. The summed E-state index contributed by atoms with van der Waals surface area (Å²) < 4.78 is 5.41. The molecule has 1 fully saturated rings. The first-order valence-electron chi connectivity index (χ1n) is 11.3. The molecule has 2 unspecified atom stereocenters. The minimum absolute atomic E-state index is 0.181. The maximum Gasteiger partial charge on any atom is 0.408 e. The van der Waals surface area contributed by atoms with Crippen LogP contribution in [0.1, 0.15) is 53.2 Å². The van der Waals surface area contributed by atoms with Gasteiger partial charge in [0, 0.05) is 17.5 Å². The van der Waals surface area contributed by atoms with Crippen LogP contribution in [0.3, 0.4) is 0 Å². The molecule has 1 saturated carbocycles. The molecule has 1 aliphatic rings. The molecule has 0 aromatic heterocycles. The molecule has 7 heteroatoms. The fourth-order valence-corrected chi connectivity index (χ4v) is 3.81. The first kappa shape index (κ1) is 23.3. The molecule has 0 spiro atoms. The fraction of sp³-hybridized carbons (Fsp3) is 0.259. The highest BCUT2D eigenvalue weighted by molar-refractivity contribution is 6.05. The van der Waals surface area contributed by atoms with Crippen LogP contribution in [0.15, 0.2) is 72.8 Å². The van der Waals surface area contributed by atoms with E-state index in [-0.39, 0.29) is 18.6 Å². The number of carbonyl (C=O) groups is 2. The third-order valence-corrected chi connectivity index (χ3v) is 6.11. The normalized spacial score (nSPS) is 17.0. The molecule has 0 saturated heterocycles. The summed E-state index contributed by atoms with van der Waals surface area (Å²) in [6.07, 6.45) is 0.514. The van der Waals surface area contributed by atoms with E-state index in [0.29, 0.717) is 22.9 Å². The summed E-state index contributed by atoms with van der Waals surface area (Å²) in [7, 11) is 0. The van der Waals surface area contributed by atoms with E-state index in [1.54, 1.807) is 36.4 Å². The Morgan fingerprint density at radius 3 is 2.26 bits per heavy atom. The lowest BCUT2D eigenvalue weighted by atomic mass is 9.93. The van der Waals surface area contributed by atoms with Gasteiger partial charge in [-0.25, -0.2) is 4.79 Å². The largest absolute Gasteiger partial charge is 0.445 e. The van der Waals surface area contributed by atoms with Crippen molar-refractivity contribution in [2.75, 3.05) is 11.1 Å². The van der Waals surface area contributed by atoms with E-state index in [1.165, 1.54) is 5.56 Å². The number of anilines is 2. The number of benzene rings is 3. The molecule has 0 heterocycles. The van der Waals surface area contributed by atoms with Crippen molar-refractivity contribution in [3.8, 4) is 0 Å². The summed E-state index contributed by atoms with van der Waals surface area (Å²) >= 11 is 0. The van der Waals surface area contributed by atoms with Gasteiger partial charge < -0.3 is 26.8 Å². The van der Waals surface area contributed by atoms with Crippen molar-refractivity contribution in [2.45, 2.75) is 44.4 Å². The molecule has 4 rings (SSSR count). The number of nitrogen functional groups attached to an aromatic ring is 1. The number of hydrogen-bond donors (Lipinski definition) is 4. The van der Waals surface area contributed by atoms with Crippen LogP contribution in [-0.4, -0.2) is 18.0 Å². The molecular formula is C27H30N4O3. The number of nitrogens with one attached hydrogen (secondary N) is 2. The maximum absolute atomic E-state index is 12.5. The minimum Gasteiger partial charge on any atom is -0.445 e. The first-order chi connectivity index (χ1) is 16.2. The van der Waals surface area contributed by atoms with Crippen LogP contribution in [0.2, 0.25) is 0 Å². The molecule has 7 nitrogen and oxygen atoms in total. The average Bonchev–Trinajstić information content (AvgIpc) is 3.56. The van der Waals surface area contributed by atoms with E-state index < -0.39 is 11.6 Å². The standard InChI is InChI=1S/C27H30N4O3/c1-27(2,31-26(33)34-16-17-7-9-18(10-8-17)21-15-23(21)29)20-13-11-19(12-14-20)25(32)30-24-6-4-3-5-22(24)28/h3-14,21,23H,15-16,28-29H2,1-2H3,(H,30,32)(H,31,33). The van der Waals surface area contributed by atoms with Crippen molar-refractivity contribution < 1.29 is 14.3 Å². The van der Waals surface area contributed by atoms with E-state index in [2.05, 4.69) is 10.6 Å². The molecule has 0 bridgehead atoms. The molecule has 6 N–H and O–H groups in total. The van der Waals surface area contributed by atoms with Crippen LogP contribution in [0.25, 0.3) is 0 Å². The number of ether oxygens (including phenoxy) is 1. The lowest BCUT2D eigenvalue weighted by Gasteiger charge is -2.26. The molecule has 2 atom stereocenters. The van der Waals surface area contributed by atoms with Crippen LogP contribution in [0.4, 0.5) is 16.2 Å². The van der Waals surface area contributed by atoms with Gasteiger partial charge >= 0.3 is 6.09 Å². The summed E-state index contributed by atoms with van der Waals surface area (Å²) in [6, 6.07) is 22.4. The second-order valence-corrected chi connectivity index (χ2v) is 9.19. The predicted octanol–water partition coefficient (Wildman–Crippen LogP) is 4.50. The van der Waals surface area contributed by atoms with Crippen molar-refractivity contribution in [3.05, 3.63) is 95.1 Å². The van der Waals surface area contributed by atoms with E-state index >= 15 is 0 Å². The van der Waals surface area contributed by atoms with Crippen LogP contribution >= 0.6 is 0 Å². The third-order valence-electron chi connectivity index (χ3n) is 6.11. The van der Waals surface area contributed by atoms with Crippen molar-refractivity contribution in [3.63, 3.8) is 0 Å². The van der Waals surface area contributed by atoms with Gasteiger partial charge in [-0.1, -0.05) is 48.5 Å². The number of para-hydroxylation sites is 2. The Balaban J connectivity index is 1.31. The van der Waals surface area contributed by atoms with E-state index in [4.69, 9.17) is 16.2 Å². The molecule has 3 aromatic rings. The third kappa shape index (κ3) is 5.55. The second kappa shape index (κ2) is 9.57. The number of carbonyl (C=O) groups excluding carboxylic acids is 2. The Bertz CT molecular complexity index is 1170. The second-order valence-electron chi connectivity index (χ2n) is 9.19. The topological polar surface area (TPSA) is 119 Å². The lowest BCUT2D eigenvalue weighted by Crippen LogP contribution is -2.41. The van der Waals surface area contributed by atoms with Gasteiger partial charge in [0.25, 0.3) is 5.91 Å². The molecule has 34 heavy (non-hydrogen) atoms. The number of rotatable bonds is 7. The quantitative estimate of drug-likeness (QED) is 0.389. The summed E-state index contributed by atoms with van der Waals surface area (Å²) in [4.78, 5) is 25.0. The summed E-state index contributed by atoms with van der Waals surface area (Å²) in [6.45, 7) is 3.93. The molecule has 2 amide bonds. The van der Waals surface area contributed by atoms with Gasteiger partial charge in [-0.15, -0.1) is 0 Å². The zero-order chi connectivity index (χ0) is 24.3. The number of amides is 2.